The number of amidine groups is 1. The first-order valence-corrected chi connectivity index (χ1v) is 5.36. The molecule has 0 spiro atoms. The first kappa shape index (κ1) is 9.23. The highest BCUT2D eigenvalue weighted by atomic mass is 32.2. The third-order valence-electron chi connectivity index (χ3n) is 1.85. The Labute approximate surface area is 84.4 Å². The smallest absolute Gasteiger partial charge is 0.222 e. The molecule has 1 aliphatic rings. The summed E-state index contributed by atoms with van der Waals surface area (Å²) in [5.74, 6) is 0.868. The Bertz CT molecular complexity index is 392. The Balaban J connectivity index is 2.28. The molecule has 72 valence electrons. The fourth-order valence-corrected chi connectivity index (χ4v) is 1.91. The Hall–Kier alpha value is -1.33. The lowest BCUT2D eigenvalue weighted by molar-refractivity contribution is 0.112. The van der Waals surface area contributed by atoms with E-state index >= 15 is 0 Å². The van der Waals surface area contributed by atoms with Crippen molar-refractivity contribution in [1.82, 2.24) is 4.72 Å². The second kappa shape index (κ2) is 3.81. The van der Waals surface area contributed by atoms with Gasteiger partial charge < -0.3 is 4.55 Å². The van der Waals surface area contributed by atoms with Gasteiger partial charge >= 0.3 is 0 Å². The van der Waals surface area contributed by atoms with Gasteiger partial charge in [0.1, 0.15) is 6.29 Å². The Morgan fingerprint density at radius 2 is 2.43 bits per heavy atom. The van der Waals surface area contributed by atoms with Crippen molar-refractivity contribution in [2.24, 2.45) is 4.99 Å². The summed E-state index contributed by atoms with van der Waals surface area (Å²) in [4.78, 5) is 14.6. The van der Waals surface area contributed by atoms with Crippen molar-refractivity contribution in [3.05, 3.63) is 35.4 Å². The molecule has 0 saturated carbocycles. The molecule has 0 fully saturated rings. The van der Waals surface area contributed by atoms with Crippen LogP contribution in [0.3, 0.4) is 0 Å². The zero-order valence-corrected chi connectivity index (χ0v) is 8.08. The summed E-state index contributed by atoms with van der Waals surface area (Å²) in [6.07, 6.45) is 0.774. The van der Waals surface area contributed by atoms with Crippen LogP contribution in [0.5, 0.6) is 0 Å². The molecule has 0 bridgehead atoms. The third-order valence-corrected chi connectivity index (χ3v) is 2.63. The van der Waals surface area contributed by atoms with E-state index < -0.39 is 11.4 Å². The molecule has 5 heteroatoms. The fourth-order valence-electron chi connectivity index (χ4n) is 1.21. The van der Waals surface area contributed by atoms with Gasteiger partial charge in [-0.1, -0.05) is 18.2 Å². The molecule has 0 aromatic heterocycles. The number of rotatable bonds is 2. The van der Waals surface area contributed by atoms with E-state index in [2.05, 4.69) is 9.71 Å². The van der Waals surface area contributed by atoms with Crippen molar-refractivity contribution < 1.29 is 9.35 Å². The first-order valence-electron chi connectivity index (χ1n) is 4.05. The van der Waals surface area contributed by atoms with Crippen LogP contribution < -0.4 is 4.72 Å². The van der Waals surface area contributed by atoms with Gasteiger partial charge in [0.25, 0.3) is 0 Å². The van der Waals surface area contributed by atoms with Gasteiger partial charge in [0.2, 0.25) is 5.88 Å². The van der Waals surface area contributed by atoms with Crippen molar-refractivity contribution in [3.8, 4) is 0 Å². The largest absolute Gasteiger partial charge is 0.591 e. The van der Waals surface area contributed by atoms with E-state index in [0.29, 0.717) is 11.4 Å². The summed E-state index contributed by atoms with van der Waals surface area (Å²) in [6, 6.07) is 7.01. The van der Waals surface area contributed by atoms with Crippen LogP contribution in [0.1, 0.15) is 15.9 Å². The van der Waals surface area contributed by atoms with E-state index in [4.69, 9.17) is 0 Å². The molecule has 0 aliphatic carbocycles. The lowest BCUT2D eigenvalue weighted by Crippen LogP contribution is -2.25. The second-order valence-corrected chi connectivity index (χ2v) is 3.98. The third kappa shape index (κ3) is 1.78. The maximum Gasteiger partial charge on any atom is 0.222 e. The Morgan fingerprint density at radius 1 is 1.57 bits per heavy atom. The van der Waals surface area contributed by atoms with Crippen LogP contribution >= 0.6 is 0 Å². The minimum atomic E-state index is -1.10. The molecule has 1 aliphatic heterocycles. The molecule has 0 radical (unpaired) electrons. The number of aliphatic imine (C=N–C) groups is 1. The van der Waals surface area contributed by atoms with Crippen molar-refractivity contribution in [1.29, 1.82) is 0 Å². The molecular weight excluding hydrogens is 200 g/mol. The lowest BCUT2D eigenvalue weighted by atomic mass is 10.1. The molecule has 1 heterocycles. The normalized spacial score (nSPS) is 20.1. The van der Waals surface area contributed by atoms with E-state index in [0.717, 1.165) is 11.8 Å². The average molecular weight is 208 g/mol. The molecule has 0 amide bonds. The number of carbonyl (C=O) groups is 1. The monoisotopic (exact) mass is 208 g/mol. The van der Waals surface area contributed by atoms with Crippen LogP contribution in [0.25, 0.3) is 0 Å². The number of aldehydes is 1. The first-order chi connectivity index (χ1) is 6.79. The molecule has 0 saturated heterocycles. The zero-order valence-electron chi connectivity index (χ0n) is 7.27. The van der Waals surface area contributed by atoms with Crippen LogP contribution in [0.4, 0.5) is 0 Å². The molecule has 1 N–H and O–H groups in total. The maximum atomic E-state index is 11.0. The number of carbonyl (C=O) groups excluding carboxylic acids is 1. The van der Waals surface area contributed by atoms with Crippen LogP contribution in [0.2, 0.25) is 0 Å². The zero-order chi connectivity index (χ0) is 9.97. The standard InChI is InChI=1S/C9H8N2O2S/c12-5-7-2-1-3-8(4-7)9-10-6-14(13)11-9/h1-5H,6H2,(H,10,11). The summed E-state index contributed by atoms with van der Waals surface area (Å²) < 4.78 is 13.7. The van der Waals surface area contributed by atoms with Gasteiger partial charge in [-0.2, -0.15) is 4.72 Å². The highest BCUT2D eigenvalue weighted by Gasteiger charge is 2.18. The van der Waals surface area contributed by atoms with Crippen molar-refractivity contribution in [2.45, 2.75) is 0 Å². The van der Waals surface area contributed by atoms with Gasteiger partial charge in [-0.3, -0.25) is 4.79 Å². The summed E-state index contributed by atoms with van der Waals surface area (Å²) >= 11 is -1.10. The summed E-state index contributed by atoms with van der Waals surface area (Å²) in [5, 5.41) is 0. The van der Waals surface area contributed by atoms with Crippen molar-refractivity contribution >= 4 is 23.5 Å². The molecule has 1 unspecified atom stereocenters. The van der Waals surface area contributed by atoms with Crippen LogP contribution in [0, 0.1) is 0 Å². The van der Waals surface area contributed by atoms with Crippen LogP contribution in [-0.2, 0) is 11.4 Å². The van der Waals surface area contributed by atoms with Gasteiger partial charge in [0, 0.05) is 11.1 Å². The Morgan fingerprint density at radius 3 is 3.07 bits per heavy atom. The Kier molecular flexibility index (Phi) is 2.51. The fraction of sp³-hybridized carbons (Fsp3) is 0.111. The molecule has 14 heavy (non-hydrogen) atoms. The highest BCUT2D eigenvalue weighted by molar-refractivity contribution is 7.90. The SMILES string of the molecule is O=Cc1cccc(C2=NC[S+]([O-])N2)c1. The summed E-state index contributed by atoms with van der Waals surface area (Å²) in [6.45, 7) is 0. The second-order valence-electron chi connectivity index (χ2n) is 2.83. The predicted molar refractivity (Wildman–Crippen MR) is 54.5 cm³/mol. The molecule has 1 aromatic carbocycles. The van der Waals surface area contributed by atoms with Gasteiger partial charge in [-0.15, -0.1) is 0 Å². The van der Waals surface area contributed by atoms with E-state index in [1.54, 1.807) is 18.2 Å². The van der Waals surface area contributed by atoms with E-state index in [1.165, 1.54) is 0 Å². The summed E-state index contributed by atoms with van der Waals surface area (Å²) in [5.41, 5.74) is 1.38. The quantitative estimate of drug-likeness (QED) is 0.567. The minimum absolute atomic E-state index is 0.278. The molecule has 1 aromatic rings. The van der Waals surface area contributed by atoms with Crippen LogP contribution in [0.15, 0.2) is 29.3 Å². The van der Waals surface area contributed by atoms with Crippen LogP contribution in [-0.4, -0.2) is 22.6 Å². The average Bonchev–Trinajstić information content (AvgIpc) is 2.65. The van der Waals surface area contributed by atoms with Gasteiger partial charge in [0.15, 0.2) is 5.84 Å². The number of benzene rings is 1. The number of hydrogen-bond donors (Lipinski definition) is 1. The summed E-state index contributed by atoms with van der Waals surface area (Å²) in [7, 11) is 0. The van der Waals surface area contributed by atoms with Gasteiger partial charge in [0.05, 0.1) is 11.4 Å². The van der Waals surface area contributed by atoms with E-state index in [9.17, 15) is 9.35 Å². The number of hydrogen-bond acceptors (Lipinski definition) is 4. The molecule has 1 atom stereocenters. The lowest BCUT2D eigenvalue weighted by Gasteiger charge is -2.03. The minimum Gasteiger partial charge on any atom is -0.591 e. The predicted octanol–water partition coefficient (Wildman–Crippen LogP) is 0.470. The molecular formula is C9H8N2O2S. The van der Waals surface area contributed by atoms with Gasteiger partial charge in [-0.25, -0.2) is 4.99 Å². The maximum absolute atomic E-state index is 11.0. The van der Waals surface area contributed by atoms with Crippen molar-refractivity contribution in [2.75, 3.05) is 5.88 Å². The molecule has 4 nitrogen and oxygen atoms in total. The number of nitrogens with zero attached hydrogens (tertiary/aromatic N) is 1. The highest BCUT2D eigenvalue weighted by Crippen LogP contribution is 2.08. The number of nitrogens with one attached hydrogen (secondary N) is 1. The van der Waals surface area contributed by atoms with E-state index in [-0.39, 0.29) is 5.88 Å². The van der Waals surface area contributed by atoms with Crippen molar-refractivity contribution in [3.63, 3.8) is 0 Å². The molecule has 2 rings (SSSR count). The van der Waals surface area contributed by atoms with Gasteiger partial charge in [-0.05, 0) is 6.07 Å². The van der Waals surface area contributed by atoms with E-state index in [1.807, 2.05) is 6.07 Å². The topological polar surface area (TPSA) is 64.5 Å².